The van der Waals surface area contributed by atoms with Crippen LogP contribution < -0.4 is 9.47 Å². The maximum atomic E-state index is 10.5. The van der Waals surface area contributed by atoms with Crippen molar-refractivity contribution in [3.05, 3.63) is 23.8 Å². The van der Waals surface area contributed by atoms with Crippen molar-refractivity contribution < 1.29 is 9.47 Å². The predicted octanol–water partition coefficient (Wildman–Crippen LogP) is 4.86. The molecule has 30 heavy (non-hydrogen) atoms. The maximum Gasteiger partial charge on any atom is 0.160 e. The third kappa shape index (κ3) is 3.25. The van der Waals surface area contributed by atoms with E-state index < -0.39 is 11.1 Å². The zero-order valence-corrected chi connectivity index (χ0v) is 18.3. The van der Waals surface area contributed by atoms with Crippen molar-refractivity contribution in [3.63, 3.8) is 0 Å². The number of piperidine rings is 1. The summed E-state index contributed by atoms with van der Waals surface area (Å²) in [6.45, 7) is 0.740. The second kappa shape index (κ2) is 8.48. The predicted molar refractivity (Wildman–Crippen MR) is 115 cm³/mol. The Kier molecular flexibility index (Phi) is 5.94. The van der Waals surface area contributed by atoms with Gasteiger partial charge in [0.1, 0.15) is 11.1 Å². The number of nitriles is 2. The van der Waals surface area contributed by atoms with E-state index >= 15 is 0 Å². The van der Waals surface area contributed by atoms with Crippen LogP contribution in [-0.2, 0) is 6.42 Å². The van der Waals surface area contributed by atoms with Gasteiger partial charge in [0, 0.05) is 6.54 Å². The fourth-order valence-corrected chi connectivity index (χ4v) is 6.58. The van der Waals surface area contributed by atoms with Crippen LogP contribution in [0.2, 0.25) is 0 Å². The Labute approximate surface area is 180 Å². The Morgan fingerprint density at radius 3 is 2.07 bits per heavy atom. The van der Waals surface area contributed by atoms with Crippen LogP contribution in [0.3, 0.4) is 0 Å². The van der Waals surface area contributed by atoms with Gasteiger partial charge in [-0.3, -0.25) is 4.90 Å². The average molecular weight is 408 g/mol. The van der Waals surface area contributed by atoms with Crippen LogP contribution in [-0.4, -0.2) is 36.7 Å². The molecule has 1 aliphatic heterocycles. The molecule has 5 nitrogen and oxygen atoms in total. The highest BCUT2D eigenvalue weighted by atomic mass is 16.5. The summed E-state index contributed by atoms with van der Waals surface area (Å²) < 4.78 is 10.9. The molecule has 0 amide bonds. The zero-order valence-electron chi connectivity index (χ0n) is 18.3. The lowest BCUT2D eigenvalue weighted by Crippen LogP contribution is -2.71. The maximum absolute atomic E-state index is 10.5. The quantitative estimate of drug-likeness (QED) is 0.697. The highest BCUT2D eigenvalue weighted by molar-refractivity contribution is 5.43. The summed E-state index contributed by atoms with van der Waals surface area (Å²) in [6.07, 6.45) is 10.5. The van der Waals surface area contributed by atoms with Crippen molar-refractivity contribution in [1.82, 2.24) is 4.90 Å². The lowest BCUT2D eigenvalue weighted by molar-refractivity contribution is -0.110. The van der Waals surface area contributed by atoms with Gasteiger partial charge in [-0.05, 0) is 68.1 Å². The van der Waals surface area contributed by atoms with Gasteiger partial charge in [-0.25, -0.2) is 0 Å². The molecule has 160 valence electrons. The molecule has 1 aromatic carbocycles. The Bertz CT molecular complexity index is 817. The van der Waals surface area contributed by atoms with Gasteiger partial charge in [-0.15, -0.1) is 0 Å². The van der Waals surface area contributed by atoms with E-state index in [4.69, 9.17) is 9.47 Å². The molecular weight excluding hydrogens is 374 g/mol. The van der Waals surface area contributed by atoms with E-state index in [0.717, 1.165) is 75.0 Å². The molecule has 0 bridgehead atoms. The third-order valence-electron chi connectivity index (χ3n) is 8.06. The number of rotatable bonds is 5. The molecule has 4 atom stereocenters. The van der Waals surface area contributed by atoms with E-state index in [1.165, 1.54) is 12.8 Å². The first-order chi connectivity index (χ1) is 14.6. The topological polar surface area (TPSA) is 69.3 Å². The van der Waals surface area contributed by atoms with Crippen molar-refractivity contribution in [2.45, 2.75) is 75.3 Å². The summed E-state index contributed by atoms with van der Waals surface area (Å²) in [6, 6.07) is 11.6. The number of fused-ring (bicyclic) bond motifs is 2. The summed E-state index contributed by atoms with van der Waals surface area (Å²) in [5, 5.41) is 20.9. The molecule has 0 radical (unpaired) electrons. The summed E-state index contributed by atoms with van der Waals surface area (Å²) in [4.78, 5) is 2.38. The van der Waals surface area contributed by atoms with Crippen LogP contribution in [0.15, 0.2) is 18.2 Å². The summed E-state index contributed by atoms with van der Waals surface area (Å²) in [5.74, 6) is 2.24. The molecule has 1 heterocycles. The second-order valence-corrected chi connectivity index (χ2v) is 9.28. The van der Waals surface area contributed by atoms with Crippen LogP contribution in [0.5, 0.6) is 11.5 Å². The SMILES string of the molecule is COc1ccc(CCN2C3(C#N)CCCCC3CC3CCCCC32C#N)cc1OC. The average Bonchev–Trinajstić information content (AvgIpc) is 2.81. The lowest BCUT2D eigenvalue weighted by atomic mass is 9.57. The van der Waals surface area contributed by atoms with Gasteiger partial charge in [0.25, 0.3) is 0 Å². The van der Waals surface area contributed by atoms with Gasteiger partial charge in [0.15, 0.2) is 11.5 Å². The monoisotopic (exact) mass is 407 g/mol. The Balaban J connectivity index is 1.68. The molecule has 0 aromatic heterocycles. The third-order valence-corrected chi connectivity index (χ3v) is 8.06. The fraction of sp³-hybridized carbons (Fsp3) is 0.680. The van der Waals surface area contributed by atoms with Gasteiger partial charge in [-0.2, -0.15) is 10.5 Å². The second-order valence-electron chi connectivity index (χ2n) is 9.28. The lowest BCUT2D eigenvalue weighted by Gasteiger charge is -2.61. The van der Waals surface area contributed by atoms with Crippen LogP contribution in [0.4, 0.5) is 0 Å². The van der Waals surface area contributed by atoms with Crippen molar-refractivity contribution in [2.24, 2.45) is 11.8 Å². The zero-order chi connectivity index (χ0) is 21.2. The molecule has 2 aliphatic carbocycles. The number of likely N-dealkylation sites (tertiary alicyclic amines) is 1. The van der Waals surface area contributed by atoms with Crippen LogP contribution >= 0.6 is 0 Å². The standard InChI is InChI=1S/C25H33N3O2/c1-29-22-10-9-19(15-23(22)30-2)11-14-28-24(17-26)12-5-3-7-20(24)16-21-8-4-6-13-25(21,28)18-27/h9-10,15,20-21H,3-8,11-14,16H2,1-2H3. The molecule has 5 heteroatoms. The Morgan fingerprint density at radius 1 is 0.933 bits per heavy atom. The number of benzene rings is 1. The van der Waals surface area contributed by atoms with E-state index in [-0.39, 0.29) is 0 Å². The number of nitrogens with zero attached hydrogens (tertiary/aromatic N) is 3. The molecule has 0 N–H and O–H groups in total. The van der Waals surface area contributed by atoms with Crippen LogP contribution in [0.25, 0.3) is 0 Å². The summed E-state index contributed by atoms with van der Waals surface area (Å²) in [5.41, 5.74) is 0.177. The van der Waals surface area contributed by atoms with Gasteiger partial charge >= 0.3 is 0 Å². The minimum Gasteiger partial charge on any atom is -0.493 e. The minimum atomic E-state index is -0.488. The first-order valence-electron chi connectivity index (χ1n) is 11.4. The van der Waals surface area contributed by atoms with E-state index in [1.54, 1.807) is 14.2 Å². The minimum absolute atomic E-state index is 0.395. The summed E-state index contributed by atoms with van der Waals surface area (Å²) in [7, 11) is 3.30. The Hall–Kier alpha value is -2.24. The molecule has 4 rings (SSSR count). The fourth-order valence-electron chi connectivity index (χ4n) is 6.58. The van der Waals surface area contributed by atoms with E-state index in [9.17, 15) is 10.5 Å². The molecule has 0 spiro atoms. The molecule has 1 aromatic rings. The van der Waals surface area contributed by atoms with Crippen LogP contribution in [0.1, 0.15) is 63.4 Å². The van der Waals surface area contributed by atoms with Crippen molar-refractivity contribution in [3.8, 4) is 23.6 Å². The number of ether oxygens (including phenoxy) is 2. The normalized spacial score (nSPS) is 33.5. The highest BCUT2D eigenvalue weighted by Gasteiger charge is 2.61. The molecule has 1 saturated heterocycles. The van der Waals surface area contributed by atoms with Gasteiger partial charge in [0.2, 0.25) is 0 Å². The van der Waals surface area contributed by atoms with Crippen molar-refractivity contribution in [2.75, 3.05) is 20.8 Å². The van der Waals surface area contributed by atoms with E-state index in [0.29, 0.717) is 11.8 Å². The molecule has 4 unspecified atom stereocenters. The van der Waals surface area contributed by atoms with Gasteiger partial charge < -0.3 is 9.47 Å². The van der Waals surface area contributed by atoms with Gasteiger partial charge in [0.05, 0.1) is 26.4 Å². The smallest absolute Gasteiger partial charge is 0.160 e. The van der Waals surface area contributed by atoms with Crippen molar-refractivity contribution in [1.29, 1.82) is 10.5 Å². The molecule has 3 fully saturated rings. The number of hydrogen-bond donors (Lipinski definition) is 0. The molecule has 2 saturated carbocycles. The largest absolute Gasteiger partial charge is 0.493 e. The highest BCUT2D eigenvalue weighted by Crippen LogP contribution is 2.55. The van der Waals surface area contributed by atoms with Crippen molar-refractivity contribution >= 4 is 0 Å². The van der Waals surface area contributed by atoms with Gasteiger partial charge in [-0.1, -0.05) is 31.7 Å². The first kappa shape index (κ1) is 21.0. The van der Waals surface area contributed by atoms with E-state index in [2.05, 4.69) is 23.1 Å². The molecular formula is C25H33N3O2. The van der Waals surface area contributed by atoms with E-state index in [1.807, 2.05) is 12.1 Å². The number of methoxy groups -OCH3 is 2. The first-order valence-corrected chi connectivity index (χ1v) is 11.4. The summed E-state index contributed by atoms with van der Waals surface area (Å²) >= 11 is 0. The van der Waals surface area contributed by atoms with Crippen LogP contribution in [0, 0.1) is 34.5 Å². The molecule has 3 aliphatic rings. The Morgan fingerprint density at radius 2 is 1.53 bits per heavy atom. The number of hydrogen-bond acceptors (Lipinski definition) is 5.